The van der Waals surface area contributed by atoms with E-state index in [2.05, 4.69) is 34.9 Å². The lowest BCUT2D eigenvalue weighted by molar-refractivity contribution is -0.0993. The highest BCUT2D eigenvalue weighted by molar-refractivity contribution is 5.37. The number of unbranched alkanes of at least 4 members (excludes halogenated alkanes) is 1. The normalized spacial score (nSPS) is 26.6. The van der Waals surface area contributed by atoms with Crippen molar-refractivity contribution in [1.82, 2.24) is 9.80 Å². The highest BCUT2D eigenvalue weighted by Crippen LogP contribution is 2.37. The van der Waals surface area contributed by atoms with Crippen molar-refractivity contribution >= 4 is 0 Å². The van der Waals surface area contributed by atoms with Gasteiger partial charge in [0.1, 0.15) is 5.75 Å². The SMILES string of the molecule is CCCC[C@@H]1CN(Cc2ccc(OC)c(CN3CCCC3)c2)C[C@H](C2CC2)O1. The zero-order chi connectivity index (χ0) is 19.3. The van der Waals surface area contributed by atoms with Gasteiger partial charge < -0.3 is 9.47 Å². The van der Waals surface area contributed by atoms with Crippen molar-refractivity contribution in [3.05, 3.63) is 29.3 Å². The van der Waals surface area contributed by atoms with Crippen LogP contribution in [0.15, 0.2) is 18.2 Å². The molecule has 3 aliphatic rings. The summed E-state index contributed by atoms with van der Waals surface area (Å²) in [7, 11) is 1.79. The van der Waals surface area contributed by atoms with Crippen molar-refractivity contribution < 1.29 is 9.47 Å². The van der Waals surface area contributed by atoms with E-state index in [0.29, 0.717) is 12.2 Å². The van der Waals surface area contributed by atoms with Gasteiger partial charge in [0.05, 0.1) is 19.3 Å². The van der Waals surface area contributed by atoms with Gasteiger partial charge in [-0.25, -0.2) is 0 Å². The van der Waals surface area contributed by atoms with Crippen LogP contribution in [0.1, 0.15) is 63.0 Å². The van der Waals surface area contributed by atoms with E-state index in [1.54, 1.807) is 7.11 Å². The molecule has 3 fully saturated rings. The number of morpholine rings is 1. The first-order chi connectivity index (χ1) is 13.7. The van der Waals surface area contributed by atoms with Crippen molar-refractivity contribution in [3.8, 4) is 5.75 Å². The van der Waals surface area contributed by atoms with E-state index in [9.17, 15) is 0 Å². The first-order valence-corrected chi connectivity index (χ1v) is 11.5. The molecule has 1 aliphatic carbocycles. The molecule has 0 unspecified atom stereocenters. The maximum absolute atomic E-state index is 6.46. The van der Waals surface area contributed by atoms with E-state index >= 15 is 0 Å². The summed E-state index contributed by atoms with van der Waals surface area (Å²) in [5, 5.41) is 0. The lowest BCUT2D eigenvalue weighted by atomic mass is 10.0. The third-order valence-electron chi connectivity index (χ3n) is 6.64. The Balaban J connectivity index is 1.42. The van der Waals surface area contributed by atoms with Crippen LogP contribution >= 0.6 is 0 Å². The Morgan fingerprint density at radius 1 is 1.07 bits per heavy atom. The Kier molecular flexibility index (Phi) is 6.92. The van der Waals surface area contributed by atoms with E-state index in [0.717, 1.165) is 37.8 Å². The van der Waals surface area contributed by atoms with Gasteiger partial charge in [0.25, 0.3) is 0 Å². The maximum atomic E-state index is 6.46. The fraction of sp³-hybridized carbons (Fsp3) is 0.750. The van der Waals surface area contributed by atoms with Crippen LogP contribution in [0.3, 0.4) is 0 Å². The van der Waals surface area contributed by atoms with Crippen LogP contribution in [0.25, 0.3) is 0 Å². The van der Waals surface area contributed by atoms with Crippen molar-refractivity contribution in [1.29, 1.82) is 0 Å². The first-order valence-electron chi connectivity index (χ1n) is 11.5. The number of methoxy groups -OCH3 is 1. The number of nitrogens with zero attached hydrogens (tertiary/aromatic N) is 2. The number of rotatable bonds is 9. The van der Waals surface area contributed by atoms with Crippen LogP contribution in [0.5, 0.6) is 5.75 Å². The number of benzene rings is 1. The number of hydrogen-bond acceptors (Lipinski definition) is 4. The fourth-order valence-corrected chi connectivity index (χ4v) is 4.89. The van der Waals surface area contributed by atoms with Gasteiger partial charge >= 0.3 is 0 Å². The van der Waals surface area contributed by atoms with Gasteiger partial charge in [0.2, 0.25) is 0 Å². The molecule has 0 radical (unpaired) electrons. The van der Waals surface area contributed by atoms with Gasteiger partial charge in [-0.2, -0.15) is 0 Å². The maximum Gasteiger partial charge on any atom is 0.123 e. The van der Waals surface area contributed by atoms with E-state index in [4.69, 9.17) is 9.47 Å². The quantitative estimate of drug-likeness (QED) is 0.625. The summed E-state index contributed by atoms with van der Waals surface area (Å²) in [6, 6.07) is 6.82. The molecule has 28 heavy (non-hydrogen) atoms. The zero-order valence-electron chi connectivity index (χ0n) is 17.9. The van der Waals surface area contributed by atoms with Gasteiger partial charge in [-0.3, -0.25) is 9.80 Å². The third-order valence-corrected chi connectivity index (χ3v) is 6.64. The first kappa shape index (κ1) is 20.2. The van der Waals surface area contributed by atoms with Crippen molar-refractivity contribution in [2.75, 3.05) is 33.3 Å². The molecular formula is C24H38N2O2. The summed E-state index contributed by atoms with van der Waals surface area (Å²) in [4.78, 5) is 5.20. The molecule has 4 rings (SSSR count). The summed E-state index contributed by atoms with van der Waals surface area (Å²) in [5.41, 5.74) is 2.76. The van der Waals surface area contributed by atoms with Crippen molar-refractivity contribution in [2.45, 2.75) is 77.2 Å². The molecule has 156 valence electrons. The van der Waals surface area contributed by atoms with E-state index in [1.807, 2.05) is 0 Å². The van der Waals surface area contributed by atoms with E-state index in [-0.39, 0.29) is 0 Å². The molecule has 2 atom stereocenters. The van der Waals surface area contributed by atoms with Gasteiger partial charge in [-0.1, -0.05) is 25.8 Å². The predicted molar refractivity (Wildman–Crippen MR) is 114 cm³/mol. The fourth-order valence-electron chi connectivity index (χ4n) is 4.89. The Labute approximate surface area is 171 Å². The van der Waals surface area contributed by atoms with Crippen LogP contribution in [0.2, 0.25) is 0 Å². The summed E-state index contributed by atoms with van der Waals surface area (Å²) in [6.07, 6.45) is 10.0. The van der Waals surface area contributed by atoms with Crippen LogP contribution < -0.4 is 4.74 Å². The van der Waals surface area contributed by atoms with E-state index in [1.165, 1.54) is 69.2 Å². The molecule has 1 aromatic rings. The van der Waals surface area contributed by atoms with E-state index < -0.39 is 0 Å². The Morgan fingerprint density at radius 2 is 1.89 bits per heavy atom. The minimum atomic E-state index is 0.418. The largest absolute Gasteiger partial charge is 0.496 e. The average Bonchev–Trinajstić information content (AvgIpc) is 3.44. The lowest BCUT2D eigenvalue weighted by Crippen LogP contribution is -2.48. The molecule has 4 nitrogen and oxygen atoms in total. The van der Waals surface area contributed by atoms with Crippen molar-refractivity contribution in [3.63, 3.8) is 0 Å². The minimum absolute atomic E-state index is 0.418. The third kappa shape index (κ3) is 5.28. The topological polar surface area (TPSA) is 24.9 Å². The van der Waals surface area contributed by atoms with Crippen molar-refractivity contribution in [2.24, 2.45) is 5.92 Å². The van der Waals surface area contributed by atoms with Crippen LogP contribution in [-0.2, 0) is 17.8 Å². The Bertz CT molecular complexity index is 625. The molecule has 1 aromatic carbocycles. The van der Waals surface area contributed by atoms with Gasteiger partial charge in [-0.05, 0) is 68.8 Å². The molecule has 2 saturated heterocycles. The monoisotopic (exact) mass is 386 g/mol. The molecule has 0 amide bonds. The molecule has 2 aliphatic heterocycles. The summed E-state index contributed by atoms with van der Waals surface area (Å²) >= 11 is 0. The Hall–Kier alpha value is -1.10. The minimum Gasteiger partial charge on any atom is -0.496 e. The van der Waals surface area contributed by atoms with Gasteiger partial charge in [0.15, 0.2) is 0 Å². The molecule has 0 aromatic heterocycles. The summed E-state index contributed by atoms with van der Waals surface area (Å²) < 4.78 is 12.1. The number of likely N-dealkylation sites (tertiary alicyclic amines) is 1. The molecule has 2 heterocycles. The van der Waals surface area contributed by atoms with Gasteiger partial charge in [0, 0.05) is 31.7 Å². The zero-order valence-corrected chi connectivity index (χ0v) is 17.9. The molecule has 0 N–H and O–H groups in total. The second-order valence-corrected chi connectivity index (χ2v) is 9.10. The molecule has 4 heteroatoms. The molecular weight excluding hydrogens is 348 g/mol. The second-order valence-electron chi connectivity index (χ2n) is 9.10. The highest BCUT2D eigenvalue weighted by atomic mass is 16.5. The van der Waals surface area contributed by atoms with Gasteiger partial charge in [-0.15, -0.1) is 0 Å². The van der Waals surface area contributed by atoms with Crippen LogP contribution in [-0.4, -0.2) is 55.3 Å². The highest BCUT2D eigenvalue weighted by Gasteiger charge is 2.38. The lowest BCUT2D eigenvalue weighted by Gasteiger charge is -2.38. The number of ether oxygens (including phenoxy) is 2. The molecule has 0 bridgehead atoms. The predicted octanol–water partition coefficient (Wildman–Crippen LogP) is 4.46. The van der Waals surface area contributed by atoms with Crippen LogP contribution in [0, 0.1) is 5.92 Å². The number of hydrogen-bond donors (Lipinski definition) is 0. The average molecular weight is 387 g/mol. The molecule has 0 spiro atoms. The van der Waals surface area contributed by atoms with Crippen LogP contribution in [0.4, 0.5) is 0 Å². The summed E-state index contributed by atoms with van der Waals surface area (Å²) in [6.45, 7) is 8.95. The smallest absolute Gasteiger partial charge is 0.123 e. The summed E-state index contributed by atoms with van der Waals surface area (Å²) in [5.74, 6) is 1.85. The standard InChI is InChI=1S/C24H38N2O2/c1-3-4-7-22-17-26(18-24(28-22)20-9-10-20)15-19-8-11-23(27-2)21(14-19)16-25-12-5-6-13-25/h8,11,14,20,22,24H,3-7,9-10,12-13,15-18H2,1-2H3/t22-,24-/m1/s1. The Morgan fingerprint density at radius 3 is 2.61 bits per heavy atom. The second kappa shape index (κ2) is 9.60. The molecule has 1 saturated carbocycles.